The molecule has 4 heterocycles. The molecule has 4 nitrogen and oxygen atoms in total. The predicted octanol–water partition coefficient (Wildman–Crippen LogP) is 0.781. The lowest BCUT2D eigenvalue weighted by molar-refractivity contribution is -0.00702. The topological polar surface area (TPSA) is 27.7 Å². The van der Waals surface area contributed by atoms with E-state index in [4.69, 9.17) is 4.74 Å². The Labute approximate surface area is 117 Å². The summed E-state index contributed by atoms with van der Waals surface area (Å²) in [6, 6.07) is 1.49. The average molecular weight is 267 g/mol. The number of fused-ring (bicyclic) bond motifs is 3. The quantitative estimate of drug-likeness (QED) is 0.770. The van der Waals surface area contributed by atoms with Gasteiger partial charge in [-0.25, -0.2) is 0 Å². The Kier molecular flexibility index (Phi) is 4.74. The van der Waals surface area contributed by atoms with Crippen LogP contribution in [0.3, 0.4) is 0 Å². The maximum Gasteiger partial charge on any atom is 0.0589 e. The first-order valence-corrected chi connectivity index (χ1v) is 8.05. The molecule has 4 heteroatoms. The molecule has 4 fully saturated rings. The second-order valence-corrected chi connectivity index (χ2v) is 6.49. The Hall–Kier alpha value is -0.160. The molecule has 0 spiro atoms. The summed E-state index contributed by atoms with van der Waals surface area (Å²) >= 11 is 0. The van der Waals surface area contributed by atoms with Gasteiger partial charge >= 0.3 is 0 Å². The molecule has 0 saturated carbocycles. The summed E-state index contributed by atoms with van der Waals surface area (Å²) in [7, 11) is 1.82. The highest BCUT2D eigenvalue weighted by molar-refractivity contribution is 4.94. The molecule has 0 aromatic carbocycles. The lowest BCUT2D eigenvalue weighted by Gasteiger charge is -2.49. The van der Waals surface area contributed by atoms with E-state index in [1.807, 2.05) is 7.11 Å². The highest BCUT2D eigenvalue weighted by atomic mass is 16.5. The summed E-state index contributed by atoms with van der Waals surface area (Å²) in [6.45, 7) is 8.37. The summed E-state index contributed by atoms with van der Waals surface area (Å²) < 4.78 is 5.33. The minimum absolute atomic E-state index is 0.715. The van der Waals surface area contributed by atoms with Crippen LogP contribution in [0.2, 0.25) is 0 Å². The van der Waals surface area contributed by atoms with E-state index in [-0.39, 0.29) is 0 Å². The van der Waals surface area contributed by atoms with Gasteiger partial charge in [-0.15, -0.1) is 0 Å². The van der Waals surface area contributed by atoms with Crippen molar-refractivity contribution in [2.75, 3.05) is 53.0 Å². The van der Waals surface area contributed by atoms with Gasteiger partial charge in [0.2, 0.25) is 0 Å². The van der Waals surface area contributed by atoms with E-state index in [2.05, 4.69) is 15.1 Å². The van der Waals surface area contributed by atoms with E-state index in [0.29, 0.717) is 6.04 Å². The summed E-state index contributed by atoms with van der Waals surface area (Å²) in [6.07, 6.45) is 5.52. The molecule has 19 heavy (non-hydrogen) atoms. The van der Waals surface area contributed by atoms with Gasteiger partial charge in [-0.05, 0) is 51.2 Å². The van der Waals surface area contributed by atoms with Gasteiger partial charge in [0.25, 0.3) is 0 Å². The normalized spacial score (nSPS) is 38.2. The van der Waals surface area contributed by atoms with E-state index in [1.165, 1.54) is 58.4 Å². The van der Waals surface area contributed by atoms with Crippen LogP contribution in [0.25, 0.3) is 0 Å². The van der Waals surface area contributed by atoms with Gasteiger partial charge < -0.3 is 15.0 Å². The van der Waals surface area contributed by atoms with Gasteiger partial charge in [0.15, 0.2) is 0 Å². The molecule has 1 N–H and O–H groups in total. The van der Waals surface area contributed by atoms with E-state index >= 15 is 0 Å². The third kappa shape index (κ3) is 3.30. The summed E-state index contributed by atoms with van der Waals surface area (Å²) in [4.78, 5) is 5.38. The fourth-order valence-corrected chi connectivity index (χ4v) is 4.14. The first-order valence-electron chi connectivity index (χ1n) is 8.05. The standard InChI is InChI=1S/C15H29N3O/c1-19-10-9-18(11-14-3-2-6-16-14)15-12-17-7-4-13(15)5-8-17/h13-16H,2-12H2,1H3. The van der Waals surface area contributed by atoms with Crippen LogP contribution in [0, 0.1) is 5.92 Å². The van der Waals surface area contributed by atoms with Gasteiger partial charge in [-0.1, -0.05) is 0 Å². The van der Waals surface area contributed by atoms with Crippen LogP contribution >= 0.6 is 0 Å². The molecule has 4 aliphatic heterocycles. The number of rotatable bonds is 6. The molecule has 0 aromatic heterocycles. The van der Waals surface area contributed by atoms with Crippen molar-refractivity contribution in [3.63, 3.8) is 0 Å². The predicted molar refractivity (Wildman–Crippen MR) is 77.4 cm³/mol. The van der Waals surface area contributed by atoms with E-state index in [9.17, 15) is 0 Å². The lowest BCUT2D eigenvalue weighted by atomic mass is 9.83. The minimum atomic E-state index is 0.715. The molecule has 2 unspecified atom stereocenters. The van der Waals surface area contributed by atoms with E-state index in [0.717, 1.165) is 25.1 Å². The number of nitrogens with zero attached hydrogens (tertiary/aromatic N) is 2. The Morgan fingerprint density at radius 2 is 2.11 bits per heavy atom. The van der Waals surface area contributed by atoms with E-state index in [1.54, 1.807) is 0 Å². The van der Waals surface area contributed by atoms with Gasteiger partial charge in [-0.2, -0.15) is 0 Å². The summed E-state index contributed by atoms with van der Waals surface area (Å²) in [5.74, 6) is 0.934. The largest absolute Gasteiger partial charge is 0.383 e. The molecule has 110 valence electrons. The van der Waals surface area contributed by atoms with Crippen molar-refractivity contribution in [3.05, 3.63) is 0 Å². The van der Waals surface area contributed by atoms with Crippen LogP contribution in [0.4, 0.5) is 0 Å². The number of hydrogen-bond donors (Lipinski definition) is 1. The highest BCUT2D eigenvalue weighted by Gasteiger charge is 2.37. The second-order valence-electron chi connectivity index (χ2n) is 6.49. The summed E-state index contributed by atoms with van der Waals surface area (Å²) in [5, 5.41) is 3.65. The van der Waals surface area contributed by atoms with Crippen molar-refractivity contribution in [1.29, 1.82) is 0 Å². The minimum Gasteiger partial charge on any atom is -0.383 e. The molecule has 0 amide bonds. The zero-order valence-electron chi connectivity index (χ0n) is 12.3. The van der Waals surface area contributed by atoms with Crippen LogP contribution < -0.4 is 5.32 Å². The molecule has 2 bridgehead atoms. The van der Waals surface area contributed by atoms with E-state index < -0.39 is 0 Å². The van der Waals surface area contributed by atoms with Crippen molar-refractivity contribution < 1.29 is 4.74 Å². The highest BCUT2D eigenvalue weighted by Crippen LogP contribution is 2.31. The number of nitrogens with one attached hydrogen (secondary N) is 1. The van der Waals surface area contributed by atoms with Crippen LogP contribution in [0.5, 0.6) is 0 Å². The Bertz CT molecular complexity index is 273. The molecular formula is C15H29N3O. The van der Waals surface area contributed by atoms with Gasteiger partial charge in [-0.3, -0.25) is 4.90 Å². The molecular weight excluding hydrogens is 238 g/mol. The molecule has 0 aliphatic carbocycles. The monoisotopic (exact) mass is 267 g/mol. The SMILES string of the molecule is COCCN(CC1CCCN1)C1CN2CCC1CC2. The molecule has 4 rings (SSSR count). The van der Waals surface area contributed by atoms with Crippen LogP contribution in [0.15, 0.2) is 0 Å². The Morgan fingerprint density at radius 1 is 1.26 bits per heavy atom. The van der Waals surface area contributed by atoms with Crippen LogP contribution in [-0.2, 0) is 4.74 Å². The van der Waals surface area contributed by atoms with Gasteiger partial charge in [0, 0.05) is 38.8 Å². The average Bonchev–Trinajstić information content (AvgIpc) is 2.97. The Morgan fingerprint density at radius 3 is 2.68 bits per heavy atom. The molecule has 4 saturated heterocycles. The smallest absolute Gasteiger partial charge is 0.0589 e. The first kappa shape index (κ1) is 13.8. The van der Waals surface area contributed by atoms with Crippen molar-refractivity contribution >= 4 is 0 Å². The molecule has 0 aromatic rings. The van der Waals surface area contributed by atoms with Crippen molar-refractivity contribution in [3.8, 4) is 0 Å². The van der Waals surface area contributed by atoms with Crippen LogP contribution in [-0.4, -0.2) is 74.9 Å². The van der Waals surface area contributed by atoms with Crippen molar-refractivity contribution in [2.24, 2.45) is 5.92 Å². The maximum atomic E-state index is 5.33. The van der Waals surface area contributed by atoms with Crippen LogP contribution in [0.1, 0.15) is 25.7 Å². The number of piperidine rings is 3. The fraction of sp³-hybridized carbons (Fsp3) is 1.00. The molecule has 4 aliphatic rings. The number of hydrogen-bond acceptors (Lipinski definition) is 4. The number of methoxy groups -OCH3 is 1. The third-order valence-corrected chi connectivity index (χ3v) is 5.29. The zero-order valence-corrected chi connectivity index (χ0v) is 12.3. The van der Waals surface area contributed by atoms with Crippen molar-refractivity contribution in [2.45, 2.75) is 37.8 Å². The second kappa shape index (κ2) is 6.53. The molecule has 2 atom stereocenters. The fourth-order valence-electron chi connectivity index (χ4n) is 4.14. The van der Waals surface area contributed by atoms with Gasteiger partial charge in [0.1, 0.15) is 0 Å². The zero-order chi connectivity index (χ0) is 13.1. The summed E-state index contributed by atoms with van der Waals surface area (Å²) in [5.41, 5.74) is 0. The Balaban J connectivity index is 1.60. The first-order chi connectivity index (χ1) is 9.36. The third-order valence-electron chi connectivity index (χ3n) is 5.29. The molecule has 0 radical (unpaired) electrons. The van der Waals surface area contributed by atoms with Crippen molar-refractivity contribution in [1.82, 2.24) is 15.1 Å². The maximum absolute atomic E-state index is 5.33. The number of ether oxygens (including phenoxy) is 1. The van der Waals surface area contributed by atoms with Gasteiger partial charge in [0.05, 0.1) is 6.61 Å². The lowest BCUT2D eigenvalue weighted by Crippen LogP contribution is -2.59.